The first kappa shape index (κ1) is 14.0. The highest BCUT2D eigenvalue weighted by atomic mass is 19.1. The van der Waals surface area contributed by atoms with E-state index in [1.54, 1.807) is 0 Å². The highest BCUT2D eigenvalue weighted by Gasteiger charge is 2.27. The Hall–Kier alpha value is -1.95. The lowest BCUT2D eigenvalue weighted by molar-refractivity contribution is -0.120. The number of imide groups is 1. The van der Waals surface area contributed by atoms with Crippen LogP contribution in [0.15, 0.2) is 24.3 Å². The molecule has 0 spiro atoms. The number of benzene rings is 1. The number of urea groups is 1. The van der Waals surface area contributed by atoms with E-state index in [0.717, 1.165) is 24.2 Å². The molecule has 2 aliphatic rings. The first-order chi connectivity index (χ1) is 10.1. The predicted molar refractivity (Wildman–Crippen MR) is 77.1 cm³/mol. The normalized spacial score (nSPS) is 26.6. The SMILES string of the molecule is O=C1CCN(c2ccc(C3CCNCC3F)cc2)C(=O)N1. The number of anilines is 1. The lowest BCUT2D eigenvalue weighted by Gasteiger charge is -2.29. The van der Waals surface area contributed by atoms with Crippen LogP contribution in [0.2, 0.25) is 0 Å². The lowest BCUT2D eigenvalue weighted by atomic mass is 9.88. The molecule has 3 amide bonds. The maximum absolute atomic E-state index is 13.9. The second-order valence-electron chi connectivity index (χ2n) is 5.46. The Morgan fingerprint density at radius 3 is 2.62 bits per heavy atom. The quantitative estimate of drug-likeness (QED) is 0.869. The number of amides is 3. The monoisotopic (exact) mass is 291 g/mol. The molecule has 1 aromatic carbocycles. The highest BCUT2D eigenvalue weighted by molar-refractivity contribution is 6.05. The minimum atomic E-state index is -0.875. The van der Waals surface area contributed by atoms with E-state index < -0.39 is 12.2 Å². The van der Waals surface area contributed by atoms with Gasteiger partial charge in [0, 0.05) is 31.1 Å². The Morgan fingerprint density at radius 1 is 1.19 bits per heavy atom. The van der Waals surface area contributed by atoms with Crippen LogP contribution in [0.5, 0.6) is 0 Å². The van der Waals surface area contributed by atoms with Gasteiger partial charge in [0.05, 0.1) is 0 Å². The first-order valence-corrected chi connectivity index (χ1v) is 7.21. The van der Waals surface area contributed by atoms with Crippen LogP contribution >= 0.6 is 0 Å². The fourth-order valence-corrected chi connectivity index (χ4v) is 2.91. The van der Waals surface area contributed by atoms with Crippen molar-refractivity contribution in [2.45, 2.75) is 24.9 Å². The van der Waals surface area contributed by atoms with Gasteiger partial charge in [-0.25, -0.2) is 9.18 Å². The van der Waals surface area contributed by atoms with Crippen LogP contribution < -0.4 is 15.5 Å². The van der Waals surface area contributed by atoms with Gasteiger partial charge in [0.2, 0.25) is 5.91 Å². The minimum Gasteiger partial charge on any atom is -0.314 e. The van der Waals surface area contributed by atoms with E-state index >= 15 is 0 Å². The molecular formula is C15H18FN3O2. The van der Waals surface area contributed by atoms with Crippen LogP contribution in [0, 0.1) is 0 Å². The summed E-state index contributed by atoms with van der Waals surface area (Å²) in [6.07, 6.45) is 0.202. The van der Waals surface area contributed by atoms with Crippen molar-refractivity contribution in [1.29, 1.82) is 0 Å². The van der Waals surface area contributed by atoms with Crippen molar-refractivity contribution in [3.8, 4) is 0 Å². The van der Waals surface area contributed by atoms with Crippen LogP contribution in [0.4, 0.5) is 14.9 Å². The van der Waals surface area contributed by atoms with E-state index in [0.29, 0.717) is 19.5 Å². The fraction of sp³-hybridized carbons (Fsp3) is 0.467. The molecule has 2 unspecified atom stereocenters. The van der Waals surface area contributed by atoms with Gasteiger partial charge in [0.1, 0.15) is 6.17 Å². The van der Waals surface area contributed by atoms with Crippen LogP contribution in [-0.2, 0) is 4.79 Å². The molecule has 3 rings (SSSR count). The topological polar surface area (TPSA) is 61.4 Å². The van der Waals surface area contributed by atoms with Crippen LogP contribution in [-0.4, -0.2) is 37.7 Å². The highest BCUT2D eigenvalue weighted by Crippen LogP contribution is 2.29. The Labute approximate surface area is 122 Å². The van der Waals surface area contributed by atoms with Crippen LogP contribution in [0.1, 0.15) is 24.3 Å². The van der Waals surface area contributed by atoms with E-state index in [2.05, 4.69) is 10.6 Å². The predicted octanol–water partition coefficient (Wildman–Crippen LogP) is 1.55. The molecule has 2 aliphatic heterocycles. The number of alkyl halides is 1. The summed E-state index contributed by atoms with van der Waals surface area (Å²) in [4.78, 5) is 24.4. The van der Waals surface area contributed by atoms with Crippen LogP contribution in [0.3, 0.4) is 0 Å². The molecular weight excluding hydrogens is 273 g/mol. The number of rotatable bonds is 2. The molecule has 2 saturated heterocycles. The molecule has 6 heteroatoms. The maximum atomic E-state index is 13.9. The molecule has 1 aromatic rings. The third-order valence-electron chi connectivity index (χ3n) is 4.09. The second kappa shape index (κ2) is 5.81. The molecule has 0 radical (unpaired) electrons. The second-order valence-corrected chi connectivity index (χ2v) is 5.46. The third kappa shape index (κ3) is 2.90. The number of hydrogen-bond acceptors (Lipinski definition) is 3. The first-order valence-electron chi connectivity index (χ1n) is 7.21. The van der Waals surface area contributed by atoms with Crippen molar-refractivity contribution < 1.29 is 14.0 Å². The van der Waals surface area contributed by atoms with Crippen molar-refractivity contribution >= 4 is 17.6 Å². The summed E-state index contributed by atoms with van der Waals surface area (Å²) in [5.41, 5.74) is 1.69. The molecule has 2 heterocycles. The van der Waals surface area contributed by atoms with Gasteiger partial charge in [-0.15, -0.1) is 0 Å². The van der Waals surface area contributed by atoms with Crippen molar-refractivity contribution in [2.24, 2.45) is 0 Å². The number of carbonyl (C=O) groups excluding carboxylic acids is 2. The van der Waals surface area contributed by atoms with Gasteiger partial charge >= 0.3 is 6.03 Å². The lowest BCUT2D eigenvalue weighted by Crippen LogP contribution is -2.49. The zero-order valence-electron chi connectivity index (χ0n) is 11.6. The fourth-order valence-electron chi connectivity index (χ4n) is 2.91. The number of piperidine rings is 1. The Morgan fingerprint density at radius 2 is 1.95 bits per heavy atom. The molecule has 0 saturated carbocycles. The summed E-state index contributed by atoms with van der Waals surface area (Å²) in [5, 5.41) is 5.33. The Balaban J connectivity index is 1.74. The molecule has 0 bridgehead atoms. The molecule has 2 fully saturated rings. The Bertz CT molecular complexity index is 546. The summed E-state index contributed by atoms with van der Waals surface area (Å²) >= 11 is 0. The van der Waals surface area contributed by atoms with Gasteiger partial charge in [-0.2, -0.15) is 0 Å². The van der Waals surface area contributed by atoms with E-state index in [-0.39, 0.29) is 11.8 Å². The van der Waals surface area contributed by atoms with Crippen LogP contribution in [0.25, 0.3) is 0 Å². The summed E-state index contributed by atoms with van der Waals surface area (Å²) in [5.74, 6) is -0.333. The summed E-state index contributed by atoms with van der Waals surface area (Å²) in [7, 11) is 0. The van der Waals surface area contributed by atoms with Gasteiger partial charge < -0.3 is 5.32 Å². The molecule has 0 aliphatic carbocycles. The van der Waals surface area contributed by atoms with Crippen molar-refractivity contribution in [3.05, 3.63) is 29.8 Å². The maximum Gasteiger partial charge on any atom is 0.328 e. The number of nitrogens with zero attached hydrogens (tertiary/aromatic N) is 1. The van der Waals surface area contributed by atoms with Gasteiger partial charge in [0.25, 0.3) is 0 Å². The summed E-state index contributed by atoms with van der Waals surface area (Å²) in [6.45, 7) is 1.59. The summed E-state index contributed by atoms with van der Waals surface area (Å²) in [6, 6.07) is 6.99. The number of hydrogen-bond donors (Lipinski definition) is 2. The van der Waals surface area contributed by atoms with Gasteiger partial charge in [-0.3, -0.25) is 15.0 Å². The number of halogens is 1. The average molecular weight is 291 g/mol. The van der Waals surface area contributed by atoms with Gasteiger partial charge in [-0.1, -0.05) is 12.1 Å². The number of carbonyl (C=O) groups is 2. The Kier molecular flexibility index (Phi) is 3.88. The third-order valence-corrected chi connectivity index (χ3v) is 4.09. The zero-order valence-corrected chi connectivity index (χ0v) is 11.6. The van der Waals surface area contributed by atoms with Crippen molar-refractivity contribution in [2.75, 3.05) is 24.5 Å². The molecule has 112 valence electrons. The van der Waals surface area contributed by atoms with Crippen molar-refractivity contribution in [3.63, 3.8) is 0 Å². The molecule has 2 N–H and O–H groups in total. The minimum absolute atomic E-state index is 0.0861. The zero-order chi connectivity index (χ0) is 14.8. The average Bonchev–Trinajstić information content (AvgIpc) is 2.48. The largest absolute Gasteiger partial charge is 0.328 e. The van der Waals surface area contributed by atoms with E-state index in [9.17, 15) is 14.0 Å². The smallest absolute Gasteiger partial charge is 0.314 e. The molecule has 0 aromatic heterocycles. The van der Waals surface area contributed by atoms with Crippen molar-refractivity contribution in [1.82, 2.24) is 10.6 Å². The van der Waals surface area contributed by atoms with Gasteiger partial charge in [0.15, 0.2) is 0 Å². The number of nitrogens with one attached hydrogen (secondary N) is 2. The molecule has 2 atom stereocenters. The standard InChI is InChI=1S/C15H18FN3O2/c16-13-9-17-7-5-12(13)10-1-3-11(4-2-10)19-8-6-14(20)18-15(19)21/h1-4,12-13,17H,5-9H2,(H,18,20,21). The van der Waals surface area contributed by atoms with Gasteiger partial charge in [-0.05, 0) is 30.7 Å². The van der Waals surface area contributed by atoms with E-state index in [4.69, 9.17) is 0 Å². The van der Waals surface area contributed by atoms with E-state index in [1.807, 2.05) is 24.3 Å². The summed E-state index contributed by atoms with van der Waals surface area (Å²) < 4.78 is 13.9. The molecule has 21 heavy (non-hydrogen) atoms. The molecule has 5 nitrogen and oxygen atoms in total. The van der Waals surface area contributed by atoms with E-state index in [1.165, 1.54) is 4.90 Å².